The van der Waals surface area contributed by atoms with Crippen molar-refractivity contribution in [1.82, 2.24) is 30.3 Å². The van der Waals surface area contributed by atoms with Crippen LogP contribution in [0.4, 0.5) is 0 Å². The van der Waals surface area contributed by atoms with Gasteiger partial charge in [-0.05, 0) is 51.7 Å². The van der Waals surface area contributed by atoms with Gasteiger partial charge in [0.2, 0.25) is 0 Å². The molecule has 0 unspecified atom stereocenters. The number of guanidine groups is 1. The topological polar surface area (TPSA) is 70.4 Å². The molecule has 7 nitrogen and oxygen atoms in total. The molecule has 28 heavy (non-hydrogen) atoms. The normalized spacial score (nSPS) is 19.7. The van der Waals surface area contributed by atoms with Crippen LogP contribution in [0.5, 0.6) is 0 Å². The van der Waals surface area contributed by atoms with Gasteiger partial charge >= 0.3 is 0 Å². The van der Waals surface area contributed by atoms with Crippen molar-refractivity contribution < 1.29 is 0 Å². The highest BCUT2D eigenvalue weighted by Gasteiger charge is 2.16. The Hall–Kier alpha value is -1.63. The summed E-state index contributed by atoms with van der Waals surface area (Å²) in [6.45, 7) is 8.45. The number of nitrogens with one attached hydrogen (secondary N) is 2. The Balaban J connectivity index is 1.44. The molecule has 1 aromatic rings. The molecule has 0 spiro atoms. The van der Waals surface area contributed by atoms with E-state index in [2.05, 4.69) is 37.2 Å². The Morgan fingerprint density at radius 3 is 2.64 bits per heavy atom. The van der Waals surface area contributed by atoms with E-state index in [-0.39, 0.29) is 0 Å². The third-order valence-electron chi connectivity index (χ3n) is 5.95. The second kappa shape index (κ2) is 12.0. The van der Waals surface area contributed by atoms with Gasteiger partial charge in [0.15, 0.2) is 5.96 Å². The van der Waals surface area contributed by atoms with E-state index in [9.17, 15) is 0 Å². The third-order valence-corrected chi connectivity index (χ3v) is 5.95. The SMILES string of the molecule is CCc1nncn1CCNC(=NCCCN1CCCCCC1)NC1CCCC1. The fraction of sp³-hybridized carbons (Fsp3) is 0.857. The van der Waals surface area contributed by atoms with Gasteiger partial charge in [0.25, 0.3) is 0 Å². The first-order valence-electron chi connectivity index (χ1n) is 11.5. The first-order chi connectivity index (χ1) is 13.8. The van der Waals surface area contributed by atoms with E-state index < -0.39 is 0 Å². The monoisotopic (exact) mass is 389 g/mol. The van der Waals surface area contributed by atoms with Crippen molar-refractivity contribution in [2.45, 2.75) is 83.7 Å². The molecule has 1 aliphatic heterocycles. The zero-order chi connectivity index (χ0) is 19.4. The summed E-state index contributed by atoms with van der Waals surface area (Å²) in [4.78, 5) is 7.51. The molecule has 0 amide bonds. The van der Waals surface area contributed by atoms with E-state index >= 15 is 0 Å². The predicted molar refractivity (Wildman–Crippen MR) is 115 cm³/mol. The lowest BCUT2D eigenvalue weighted by Crippen LogP contribution is -2.43. The van der Waals surface area contributed by atoms with Crippen LogP contribution in [0.15, 0.2) is 11.3 Å². The van der Waals surface area contributed by atoms with Crippen LogP contribution in [0.25, 0.3) is 0 Å². The molecule has 0 aromatic carbocycles. The summed E-state index contributed by atoms with van der Waals surface area (Å²) in [5, 5.41) is 15.4. The van der Waals surface area contributed by atoms with Crippen LogP contribution in [0.3, 0.4) is 0 Å². The number of rotatable bonds is 9. The number of hydrogen-bond acceptors (Lipinski definition) is 4. The molecule has 1 aliphatic carbocycles. The molecule has 7 heteroatoms. The number of aromatic nitrogens is 3. The Morgan fingerprint density at radius 1 is 1.11 bits per heavy atom. The highest BCUT2D eigenvalue weighted by atomic mass is 15.3. The summed E-state index contributed by atoms with van der Waals surface area (Å²) in [5.74, 6) is 2.02. The molecule has 1 aromatic heterocycles. The Bertz CT molecular complexity index is 569. The average Bonchev–Trinajstić information content (AvgIpc) is 3.31. The lowest BCUT2D eigenvalue weighted by Gasteiger charge is -2.20. The highest BCUT2D eigenvalue weighted by molar-refractivity contribution is 5.80. The molecular formula is C21H39N7. The van der Waals surface area contributed by atoms with Gasteiger partial charge in [0, 0.05) is 32.1 Å². The molecule has 0 atom stereocenters. The van der Waals surface area contributed by atoms with Crippen LogP contribution < -0.4 is 10.6 Å². The van der Waals surface area contributed by atoms with Crippen molar-refractivity contribution in [2.75, 3.05) is 32.7 Å². The lowest BCUT2D eigenvalue weighted by atomic mass is 10.2. The number of aliphatic imine (C=N–C) groups is 1. The first kappa shape index (κ1) is 21.1. The number of aryl methyl sites for hydroxylation is 1. The van der Waals surface area contributed by atoms with Gasteiger partial charge in [0.1, 0.15) is 12.2 Å². The van der Waals surface area contributed by atoms with E-state index in [1.807, 2.05) is 6.33 Å². The van der Waals surface area contributed by atoms with Crippen molar-refractivity contribution in [3.8, 4) is 0 Å². The van der Waals surface area contributed by atoms with Crippen LogP contribution in [0.1, 0.15) is 70.5 Å². The van der Waals surface area contributed by atoms with E-state index in [4.69, 9.17) is 4.99 Å². The van der Waals surface area contributed by atoms with Gasteiger partial charge in [-0.2, -0.15) is 0 Å². The Labute approximate surface area is 170 Å². The molecule has 158 valence electrons. The van der Waals surface area contributed by atoms with Crippen molar-refractivity contribution in [2.24, 2.45) is 4.99 Å². The summed E-state index contributed by atoms with van der Waals surface area (Å²) >= 11 is 0. The fourth-order valence-electron chi connectivity index (χ4n) is 4.30. The smallest absolute Gasteiger partial charge is 0.191 e. The quantitative estimate of drug-likeness (QED) is 0.386. The van der Waals surface area contributed by atoms with E-state index in [1.165, 1.54) is 71.0 Å². The molecule has 2 N–H and O–H groups in total. The van der Waals surface area contributed by atoms with Gasteiger partial charge in [-0.25, -0.2) is 0 Å². The largest absolute Gasteiger partial charge is 0.355 e. The van der Waals surface area contributed by atoms with Crippen molar-refractivity contribution in [3.63, 3.8) is 0 Å². The second-order valence-electron chi connectivity index (χ2n) is 8.19. The predicted octanol–water partition coefficient (Wildman–Crippen LogP) is 2.58. The average molecular weight is 390 g/mol. The summed E-state index contributed by atoms with van der Waals surface area (Å²) in [7, 11) is 0. The van der Waals surface area contributed by atoms with Gasteiger partial charge in [0.05, 0.1) is 0 Å². The summed E-state index contributed by atoms with van der Waals surface area (Å²) in [6.07, 6.45) is 14.6. The van der Waals surface area contributed by atoms with Crippen LogP contribution in [-0.2, 0) is 13.0 Å². The Kier molecular flexibility index (Phi) is 9.07. The van der Waals surface area contributed by atoms with Crippen molar-refractivity contribution in [3.05, 3.63) is 12.2 Å². The maximum atomic E-state index is 4.88. The van der Waals surface area contributed by atoms with Crippen molar-refractivity contribution in [1.29, 1.82) is 0 Å². The molecule has 1 saturated carbocycles. The minimum absolute atomic E-state index is 0.581. The maximum Gasteiger partial charge on any atom is 0.191 e. The standard InChI is InChI=1S/C21H39N7/c1-2-20-26-24-18-28(20)17-13-23-21(25-19-10-5-6-11-19)22-12-9-16-27-14-7-3-4-8-15-27/h18-19H,2-17H2,1H3,(H2,22,23,25). The lowest BCUT2D eigenvalue weighted by molar-refractivity contribution is 0.283. The van der Waals surface area contributed by atoms with E-state index in [0.717, 1.165) is 44.3 Å². The van der Waals surface area contributed by atoms with Crippen molar-refractivity contribution >= 4 is 5.96 Å². The van der Waals surface area contributed by atoms with Crippen LogP contribution in [-0.4, -0.2) is 64.4 Å². The fourth-order valence-corrected chi connectivity index (χ4v) is 4.30. The van der Waals surface area contributed by atoms with Crippen LogP contribution in [0, 0.1) is 0 Å². The molecule has 2 aliphatic rings. The number of hydrogen-bond donors (Lipinski definition) is 2. The molecule has 1 saturated heterocycles. The number of likely N-dealkylation sites (tertiary alicyclic amines) is 1. The van der Waals surface area contributed by atoms with Gasteiger partial charge in [-0.1, -0.05) is 32.6 Å². The minimum atomic E-state index is 0.581. The zero-order valence-corrected chi connectivity index (χ0v) is 17.7. The Morgan fingerprint density at radius 2 is 1.89 bits per heavy atom. The summed E-state index contributed by atoms with van der Waals surface area (Å²) < 4.78 is 2.12. The molecular weight excluding hydrogens is 350 g/mol. The number of nitrogens with zero attached hydrogens (tertiary/aromatic N) is 5. The summed E-state index contributed by atoms with van der Waals surface area (Å²) in [6, 6.07) is 0.581. The minimum Gasteiger partial charge on any atom is -0.355 e. The molecule has 2 fully saturated rings. The molecule has 3 rings (SSSR count). The van der Waals surface area contributed by atoms with E-state index in [1.54, 1.807) is 0 Å². The molecule has 2 heterocycles. The first-order valence-corrected chi connectivity index (χ1v) is 11.5. The van der Waals surface area contributed by atoms with Crippen LogP contribution >= 0.6 is 0 Å². The molecule has 0 bridgehead atoms. The highest BCUT2D eigenvalue weighted by Crippen LogP contribution is 2.17. The summed E-state index contributed by atoms with van der Waals surface area (Å²) in [5.41, 5.74) is 0. The maximum absolute atomic E-state index is 4.88. The van der Waals surface area contributed by atoms with Gasteiger partial charge < -0.3 is 20.1 Å². The van der Waals surface area contributed by atoms with Gasteiger partial charge in [-0.3, -0.25) is 4.99 Å². The van der Waals surface area contributed by atoms with E-state index in [0.29, 0.717) is 6.04 Å². The second-order valence-corrected chi connectivity index (χ2v) is 8.19. The van der Waals surface area contributed by atoms with Crippen LogP contribution in [0.2, 0.25) is 0 Å². The third kappa shape index (κ3) is 7.08. The zero-order valence-electron chi connectivity index (χ0n) is 17.7. The molecule has 0 radical (unpaired) electrons. The van der Waals surface area contributed by atoms with Gasteiger partial charge in [-0.15, -0.1) is 10.2 Å².